The van der Waals surface area contributed by atoms with Crippen LogP contribution in [0.3, 0.4) is 0 Å². The Bertz CT molecular complexity index is 170. The van der Waals surface area contributed by atoms with Gasteiger partial charge in [-0.15, -0.1) is 6.58 Å². The smallest absolute Gasteiger partial charge is 0.0586 e. The number of methoxy groups -OCH3 is 1. The van der Waals surface area contributed by atoms with Gasteiger partial charge in [-0.3, -0.25) is 0 Å². The van der Waals surface area contributed by atoms with Crippen LogP contribution >= 0.6 is 0 Å². The summed E-state index contributed by atoms with van der Waals surface area (Å²) in [6.07, 6.45) is 8.42. The third kappa shape index (κ3) is 3.81. The van der Waals surface area contributed by atoms with Crippen LogP contribution in [-0.2, 0) is 4.74 Å². The highest BCUT2D eigenvalue weighted by Gasteiger charge is 2.24. The molecule has 1 aliphatic carbocycles. The van der Waals surface area contributed by atoms with Crippen molar-refractivity contribution in [1.82, 2.24) is 5.32 Å². The van der Waals surface area contributed by atoms with Crippen molar-refractivity contribution in [2.24, 2.45) is 0 Å². The number of hydrogen-bond acceptors (Lipinski definition) is 2. The average Bonchev–Trinajstić information content (AvgIpc) is 2.62. The summed E-state index contributed by atoms with van der Waals surface area (Å²) in [5.74, 6) is 0. The van der Waals surface area contributed by atoms with Gasteiger partial charge in [0, 0.05) is 19.2 Å². The van der Waals surface area contributed by atoms with Crippen molar-refractivity contribution in [2.45, 2.75) is 57.2 Å². The van der Waals surface area contributed by atoms with Gasteiger partial charge in [-0.2, -0.15) is 0 Å². The van der Waals surface area contributed by atoms with E-state index in [0.29, 0.717) is 18.2 Å². The third-order valence-electron chi connectivity index (χ3n) is 3.04. The first-order chi connectivity index (χ1) is 6.76. The minimum absolute atomic E-state index is 0.485. The fraction of sp³-hybridized carbons (Fsp3) is 0.833. The van der Waals surface area contributed by atoms with E-state index >= 15 is 0 Å². The van der Waals surface area contributed by atoms with Crippen LogP contribution in [0.4, 0.5) is 0 Å². The first-order valence-corrected chi connectivity index (χ1v) is 5.66. The summed E-state index contributed by atoms with van der Waals surface area (Å²) in [5, 5.41) is 3.65. The van der Waals surface area contributed by atoms with Crippen molar-refractivity contribution in [3.05, 3.63) is 12.7 Å². The van der Waals surface area contributed by atoms with Crippen molar-refractivity contribution < 1.29 is 4.74 Å². The van der Waals surface area contributed by atoms with Gasteiger partial charge in [0.15, 0.2) is 0 Å². The van der Waals surface area contributed by atoms with Crippen molar-refractivity contribution in [2.75, 3.05) is 7.11 Å². The van der Waals surface area contributed by atoms with Gasteiger partial charge >= 0.3 is 0 Å². The van der Waals surface area contributed by atoms with E-state index in [-0.39, 0.29) is 0 Å². The van der Waals surface area contributed by atoms with Gasteiger partial charge in [-0.1, -0.05) is 6.08 Å². The molecule has 0 radical (unpaired) electrons. The zero-order chi connectivity index (χ0) is 10.4. The van der Waals surface area contributed by atoms with Crippen molar-refractivity contribution >= 4 is 0 Å². The molecular weight excluding hydrogens is 174 g/mol. The molecule has 0 heterocycles. The van der Waals surface area contributed by atoms with Gasteiger partial charge in [-0.05, 0) is 39.0 Å². The minimum atomic E-state index is 0.485. The summed E-state index contributed by atoms with van der Waals surface area (Å²) in [6.45, 7) is 6.00. The summed E-state index contributed by atoms with van der Waals surface area (Å²) >= 11 is 0. The van der Waals surface area contributed by atoms with Crippen molar-refractivity contribution in [1.29, 1.82) is 0 Å². The van der Waals surface area contributed by atoms with E-state index in [1.54, 1.807) is 0 Å². The third-order valence-corrected chi connectivity index (χ3v) is 3.04. The fourth-order valence-corrected chi connectivity index (χ4v) is 2.16. The lowest BCUT2D eigenvalue weighted by atomic mass is 10.1. The molecule has 2 heteroatoms. The highest BCUT2D eigenvalue weighted by atomic mass is 16.5. The van der Waals surface area contributed by atoms with E-state index in [2.05, 4.69) is 18.8 Å². The standard InChI is InChI=1S/C12H23NO/c1-4-5-6-10(2)13-11-7-8-12(9-11)14-3/h4,10-13H,1,5-9H2,2-3H3. The van der Waals surface area contributed by atoms with E-state index in [1.165, 1.54) is 25.7 Å². The second-order valence-corrected chi connectivity index (χ2v) is 4.30. The van der Waals surface area contributed by atoms with Gasteiger partial charge in [0.05, 0.1) is 6.10 Å². The van der Waals surface area contributed by atoms with Crippen LogP contribution in [0.2, 0.25) is 0 Å². The lowest BCUT2D eigenvalue weighted by molar-refractivity contribution is 0.106. The maximum Gasteiger partial charge on any atom is 0.0586 e. The number of ether oxygens (including phenoxy) is 1. The molecule has 82 valence electrons. The number of rotatable bonds is 6. The topological polar surface area (TPSA) is 21.3 Å². The predicted octanol–water partition coefficient (Wildman–Crippen LogP) is 2.50. The Labute approximate surface area is 87.7 Å². The van der Waals surface area contributed by atoms with Crippen molar-refractivity contribution in [3.8, 4) is 0 Å². The second-order valence-electron chi connectivity index (χ2n) is 4.30. The molecule has 0 spiro atoms. The molecule has 0 aliphatic heterocycles. The summed E-state index contributed by atoms with van der Waals surface area (Å²) < 4.78 is 5.35. The quantitative estimate of drug-likeness (QED) is 0.661. The van der Waals surface area contributed by atoms with E-state index in [9.17, 15) is 0 Å². The molecule has 1 aliphatic rings. The first kappa shape index (κ1) is 11.7. The summed E-state index contributed by atoms with van der Waals surface area (Å²) in [4.78, 5) is 0. The van der Waals surface area contributed by atoms with E-state index in [1.807, 2.05) is 13.2 Å². The van der Waals surface area contributed by atoms with Crippen LogP contribution in [0.25, 0.3) is 0 Å². The molecule has 0 bridgehead atoms. The molecule has 0 amide bonds. The summed E-state index contributed by atoms with van der Waals surface area (Å²) in [5.41, 5.74) is 0. The zero-order valence-electron chi connectivity index (χ0n) is 9.46. The Hall–Kier alpha value is -0.340. The van der Waals surface area contributed by atoms with E-state index in [4.69, 9.17) is 4.74 Å². The molecule has 0 aromatic heterocycles. The number of hydrogen-bond donors (Lipinski definition) is 1. The molecule has 1 rings (SSSR count). The molecule has 0 aromatic rings. The summed E-state index contributed by atoms with van der Waals surface area (Å²) in [6, 6.07) is 1.27. The monoisotopic (exact) mass is 197 g/mol. The largest absolute Gasteiger partial charge is 0.381 e. The van der Waals surface area contributed by atoms with Crippen LogP contribution in [0, 0.1) is 0 Å². The average molecular weight is 197 g/mol. The van der Waals surface area contributed by atoms with Crippen LogP contribution in [-0.4, -0.2) is 25.3 Å². The number of nitrogens with one attached hydrogen (secondary N) is 1. The molecule has 1 saturated carbocycles. The molecular formula is C12H23NO. The lowest BCUT2D eigenvalue weighted by Gasteiger charge is -2.18. The first-order valence-electron chi connectivity index (χ1n) is 5.66. The van der Waals surface area contributed by atoms with Crippen LogP contribution in [0.5, 0.6) is 0 Å². The van der Waals surface area contributed by atoms with Crippen LogP contribution in [0.15, 0.2) is 12.7 Å². The second kappa shape index (κ2) is 6.20. The Balaban J connectivity index is 2.14. The van der Waals surface area contributed by atoms with Gasteiger partial charge < -0.3 is 10.1 Å². The SMILES string of the molecule is C=CCCC(C)NC1CCC(OC)C1. The van der Waals surface area contributed by atoms with Crippen molar-refractivity contribution in [3.63, 3.8) is 0 Å². The van der Waals surface area contributed by atoms with Gasteiger partial charge in [0.25, 0.3) is 0 Å². The molecule has 14 heavy (non-hydrogen) atoms. The predicted molar refractivity (Wildman–Crippen MR) is 60.5 cm³/mol. The summed E-state index contributed by atoms with van der Waals surface area (Å²) in [7, 11) is 1.81. The van der Waals surface area contributed by atoms with Crippen LogP contribution < -0.4 is 5.32 Å². The molecule has 2 nitrogen and oxygen atoms in total. The Morgan fingerprint density at radius 2 is 2.36 bits per heavy atom. The van der Waals surface area contributed by atoms with Gasteiger partial charge in [-0.25, -0.2) is 0 Å². The molecule has 1 fully saturated rings. The Morgan fingerprint density at radius 3 is 2.93 bits per heavy atom. The number of allylic oxidation sites excluding steroid dienone is 1. The normalized spacial score (nSPS) is 29.0. The molecule has 0 aromatic carbocycles. The minimum Gasteiger partial charge on any atom is -0.381 e. The Morgan fingerprint density at radius 1 is 1.57 bits per heavy atom. The van der Waals surface area contributed by atoms with E-state index in [0.717, 1.165) is 6.42 Å². The molecule has 0 saturated heterocycles. The molecule has 3 unspecified atom stereocenters. The van der Waals surface area contributed by atoms with Gasteiger partial charge in [0.1, 0.15) is 0 Å². The van der Waals surface area contributed by atoms with Gasteiger partial charge in [0.2, 0.25) is 0 Å². The highest BCUT2D eigenvalue weighted by Crippen LogP contribution is 2.22. The lowest BCUT2D eigenvalue weighted by Crippen LogP contribution is -2.35. The van der Waals surface area contributed by atoms with Crippen LogP contribution in [0.1, 0.15) is 39.0 Å². The molecule has 1 N–H and O–H groups in total. The Kier molecular flexibility index (Phi) is 5.20. The van der Waals surface area contributed by atoms with E-state index < -0.39 is 0 Å². The highest BCUT2D eigenvalue weighted by molar-refractivity contribution is 4.83. The maximum atomic E-state index is 5.35. The zero-order valence-corrected chi connectivity index (χ0v) is 9.46. The maximum absolute atomic E-state index is 5.35. The molecule has 3 atom stereocenters. The fourth-order valence-electron chi connectivity index (χ4n) is 2.16.